The van der Waals surface area contributed by atoms with E-state index in [1.165, 1.54) is 7.14 Å². The number of hydrogen-bond acceptors (Lipinski definition) is 4. The average Bonchev–Trinajstić information content (AvgIpc) is 2.69. The van der Waals surface area contributed by atoms with E-state index >= 15 is 0 Å². The minimum Gasteiger partial charge on any atom is -0.743 e. The van der Waals surface area contributed by atoms with E-state index in [1.807, 2.05) is 19.2 Å². The van der Waals surface area contributed by atoms with Crippen molar-refractivity contribution < 1.29 is 55.6 Å². The number of halogens is 10. The topological polar surface area (TPSA) is 66.4 Å². The minimum atomic E-state index is -7.43. The zero-order chi connectivity index (χ0) is 25.0. The van der Waals surface area contributed by atoms with Crippen LogP contribution in [-0.4, -0.2) is 43.4 Å². The van der Waals surface area contributed by atoms with Gasteiger partial charge in [0, 0.05) is 0 Å². The molecule has 0 amide bonds. The summed E-state index contributed by atoms with van der Waals surface area (Å²) in [5.74, 6) is -14.8. The van der Waals surface area contributed by atoms with E-state index in [0.717, 1.165) is 0 Å². The summed E-state index contributed by atoms with van der Waals surface area (Å²) >= 11 is -1.62. The predicted octanol–water partition coefficient (Wildman–Crippen LogP) is 5.75. The van der Waals surface area contributed by atoms with Crippen LogP contribution in [0.1, 0.15) is 0 Å². The Morgan fingerprint density at radius 2 is 1.06 bits per heavy atom. The summed E-state index contributed by atoms with van der Waals surface area (Å²) in [6.45, 7) is 0. The molecule has 0 N–H and O–H groups in total. The van der Waals surface area contributed by atoms with Crippen molar-refractivity contribution >= 4 is 30.4 Å². The Bertz CT molecular complexity index is 929. The van der Waals surface area contributed by atoms with E-state index < -0.39 is 53.6 Å². The second-order valence-electron chi connectivity index (χ2n) is 5.61. The van der Waals surface area contributed by atoms with Crippen LogP contribution in [0.25, 0.3) is 0 Å². The Labute approximate surface area is 184 Å². The van der Waals surface area contributed by atoms with E-state index in [-0.39, 0.29) is 0 Å². The molecule has 0 aliphatic rings. The molecule has 15 heteroatoms. The Hall–Kier alpha value is -1.59. The maximum atomic E-state index is 12.2. The molecular weight excluding hydrogens is 598 g/mol. The average molecular weight is 611 g/mol. The van der Waals surface area contributed by atoms with Gasteiger partial charge in [-0.2, -0.15) is 39.5 Å². The van der Waals surface area contributed by atoms with E-state index in [0.29, 0.717) is 0 Å². The molecule has 0 atom stereocenters. The van der Waals surface area contributed by atoms with Crippen LogP contribution < -0.4 is 0 Å². The van der Waals surface area contributed by atoms with Crippen LogP contribution in [0.4, 0.5) is 39.5 Å². The molecule has 0 radical (unpaired) electrons. The number of hydrogen-bond donors (Lipinski definition) is 0. The molecule has 0 aromatic heterocycles. The molecule has 0 saturated carbocycles. The third-order valence-corrected chi connectivity index (χ3v) is 8.91. The van der Waals surface area contributed by atoms with Gasteiger partial charge in [-0.3, -0.25) is 0 Å². The van der Waals surface area contributed by atoms with Crippen LogP contribution in [0.2, 0.25) is 0 Å². The van der Waals surface area contributed by atoms with Gasteiger partial charge in [0.1, 0.15) is 0 Å². The van der Waals surface area contributed by atoms with Crippen molar-refractivity contribution in [3.63, 3.8) is 0 Å². The van der Waals surface area contributed by atoms with Crippen LogP contribution in [-0.2, 0) is 13.2 Å². The molecule has 0 spiro atoms. The van der Waals surface area contributed by atoms with Crippen molar-refractivity contribution in [2.45, 2.75) is 23.3 Å². The molecule has 0 fully saturated rings. The molecule has 0 unspecified atom stereocenters. The van der Waals surface area contributed by atoms with Crippen molar-refractivity contribution in [3.05, 3.63) is 67.8 Å². The number of rotatable bonds is 6. The first-order valence-electron chi connectivity index (χ1n) is 7.92. The van der Waals surface area contributed by atoms with Crippen LogP contribution >= 0.6 is 20.2 Å². The summed E-state index contributed by atoms with van der Waals surface area (Å²) in [6, 6.07) is 21.0. The van der Waals surface area contributed by atoms with Gasteiger partial charge in [-0.25, -0.2) is 8.42 Å². The first-order chi connectivity index (χ1) is 14.4. The summed E-state index contributed by atoms with van der Waals surface area (Å²) in [5.41, 5.74) is 0. The van der Waals surface area contributed by atoms with Gasteiger partial charge in [-0.05, 0) is 0 Å². The standard InChI is InChI=1S/C13H13IO.C4HF9O3S/c1-15-14(12-8-4-2-5-9-12)13-10-6-3-7-11-13;5-1(6,3(9,10)11)2(7,8)4(12,13)17(14,15)16/h2-11H,1H3;(H,14,15,16)/p-1. The molecule has 0 saturated heterocycles. The van der Waals surface area contributed by atoms with Crippen LogP contribution in [0.3, 0.4) is 0 Å². The van der Waals surface area contributed by atoms with Crippen LogP contribution in [0.15, 0.2) is 60.7 Å². The minimum absolute atomic E-state index is 1.34. The third kappa shape index (κ3) is 5.85. The van der Waals surface area contributed by atoms with Gasteiger partial charge in [0.05, 0.1) is 0 Å². The maximum Gasteiger partial charge on any atom is 0.460 e. The SMILES string of the molecule is COI(c1ccccc1)c1ccccc1.O=S(=O)([O-])C(F)(F)C(F)(F)C(F)(F)C(F)(F)F. The summed E-state index contributed by atoms with van der Waals surface area (Å²) in [7, 11) is -5.61. The number of alkyl halides is 9. The summed E-state index contributed by atoms with van der Waals surface area (Å²) in [4.78, 5) is 0. The predicted molar refractivity (Wildman–Crippen MR) is 102 cm³/mol. The molecular formula is C17H13F9IO4S-. The van der Waals surface area contributed by atoms with Gasteiger partial charge >= 0.3 is 121 Å². The maximum absolute atomic E-state index is 12.2. The molecule has 0 aliphatic heterocycles. The van der Waals surface area contributed by atoms with Gasteiger partial charge in [-0.1, -0.05) is 0 Å². The normalized spacial score (nSPS) is 13.8. The molecule has 0 bridgehead atoms. The van der Waals surface area contributed by atoms with Crippen molar-refractivity contribution in [1.29, 1.82) is 0 Å². The van der Waals surface area contributed by atoms with Gasteiger partial charge in [-0.15, -0.1) is 0 Å². The second-order valence-corrected chi connectivity index (χ2v) is 11.8. The van der Waals surface area contributed by atoms with E-state index in [2.05, 4.69) is 48.5 Å². The van der Waals surface area contributed by atoms with E-state index in [9.17, 15) is 52.5 Å². The fourth-order valence-corrected chi connectivity index (χ4v) is 6.20. The zero-order valence-corrected chi connectivity index (χ0v) is 18.6. The molecule has 0 aliphatic carbocycles. The summed E-state index contributed by atoms with van der Waals surface area (Å²) in [6.07, 6.45) is -7.16. The van der Waals surface area contributed by atoms with Gasteiger partial charge in [0.25, 0.3) is 0 Å². The Balaban J connectivity index is 0.000000321. The second kappa shape index (κ2) is 10.1. The fourth-order valence-electron chi connectivity index (χ4n) is 1.88. The monoisotopic (exact) mass is 611 g/mol. The molecule has 0 heterocycles. The fraction of sp³-hybridized carbons (Fsp3) is 0.294. The molecule has 32 heavy (non-hydrogen) atoms. The Morgan fingerprint density at radius 1 is 0.719 bits per heavy atom. The van der Waals surface area contributed by atoms with Gasteiger partial charge < -0.3 is 4.55 Å². The van der Waals surface area contributed by atoms with Crippen LogP contribution in [0.5, 0.6) is 0 Å². The molecule has 4 nitrogen and oxygen atoms in total. The summed E-state index contributed by atoms with van der Waals surface area (Å²) in [5, 5.41) is -7.11. The third-order valence-electron chi connectivity index (χ3n) is 3.45. The summed E-state index contributed by atoms with van der Waals surface area (Å²) < 4.78 is 144. The van der Waals surface area contributed by atoms with E-state index in [4.69, 9.17) is 3.07 Å². The first kappa shape index (κ1) is 28.4. The van der Waals surface area contributed by atoms with Gasteiger partial charge in [0.2, 0.25) is 0 Å². The van der Waals surface area contributed by atoms with Crippen molar-refractivity contribution in [3.8, 4) is 0 Å². The quantitative estimate of drug-likeness (QED) is 0.237. The Morgan fingerprint density at radius 3 is 1.31 bits per heavy atom. The smallest absolute Gasteiger partial charge is 0.460 e. The first-order valence-corrected chi connectivity index (χ1v) is 12.4. The zero-order valence-electron chi connectivity index (χ0n) is 15.6. The molecule has 2 aromatic rings. The van der Waals surface area contributed by atoms with Gasteiger partial charge in [0.15, 0.2) is 10.1 Å². The molecule has 2 rings (SSSR count). The number of benzene rings is 2. The van der Waals surface area contributed by atoms with Crippen molar-refractivity contribution in [2.24, 2.45) is 0 Å². The Kier molecular flexibility index (Phi) is 9.00. The van der Waals surface area contributed by atoms with E-state index in [1.54, 1.807) is 0 Å². The van der Waals surface area contributed by atoms with Crippen molar-refractivity contribution in [2.75, 3.05) is 7.11 Å². The van der Waals surface area contributed by atoms with Crippen molar-refractivity contribution in [1.82, 2.24) is 0 Å². The molecule has 2 aromatic carbocycles. The molecule has 182 valence electrons. The van der Waals surface area contributed by atoms with Crippen LogP contribution in [0, 0.1) is 7.14 Å². The largest absolute Gasteiger partial charge is 0.743 e.